The number of piperidine rings is 1. The Morgan fingerprint density at radius 1 is 1.35 bits per heavy atom. The summed E-state index contributed by atoms with van der Waals surface area (Å²) in [4.78, 5) is 4.12. The largest absolute Gasteiger partial charge is 0.759 e. The predicted octanol–water partition coefficient (Wildman–Crippen LogP) is 0.558. The van der Waals surface area contributed by atoms with Crippen molar-refractivity contribution in [3.63, 3.8) is 0 Å². The molecule has 1 aliphatic heterocycles. The van der Waals surface area contributed by atoms with Gasteiger partial charge in [0.15, 0.2) is 0 Å². The molecule has 1 aliphatic rings. The summed E-state index contributed by atoms with van der Waals surface area (Å²) in [5.41, 5.74) is 1.33. The summed E-state index contributed by atoms with van der Waals surface area (Å²) in [5.74, 6) is 0. The topological polar surface area (TPSA) is 105 Å². The molecule has 1 N–H and O–H groups in total. The molecule has 2 rings (SSSR count). The number of hydrogen-bond acceptors (Lipinski definition) is 6. The molecule has 1 atom stereocenters. The van der Waals surface area contributed by atoms with Crippen molar-refractivity contribution in [3.05, 3.63) is 30.1 Å². The van der Waals surface area contributed by atoms with E-state index in [1.807, 2.05) is 18.5 Å². The zero-order valence-corrected chi connectivity index (χ0v) is 10.0. The molecule has 2 heterocycles. The summed E-state index contributed by atoms with van der Waals surface area (Å²) in [6.07, 6.45) is 7.70. The van der Waals surface area contributed by atoms with Gasteiger partial charge in [0.2, 0.25) is 0 Å². The highest BCUT2D eigenvalue weighted by Gasteiger charge is 2.13. The molecule has 1 unspecified atom stereocenters. The highest BCUT2D eigenvalue weighted by atomic mass is 32.3. The van der Waals surface area contributed by atoms with Crippen LogP contribution in [0.2, 0.25) is 0 Å². The fraction of sp³-hybridized carbons (Fsp3) is 0.500. The molecule has 1 fully saturated rings. The normalized spacial score (nSPS) is 20.2. The van der Waals surface area contributed by atoms with Gasteiger partial charge < -0.3 is 14.4 Å². The number of nitrogens with zero attached hydrogens (tertiary/aromatic N) is 1. The number of hydrogen-bond donors (Lipinski definition) is 1. The second-order valence-electron chi connectivity index (χ2n) is 3.70. The summed E-state index contributed by atoms with van der Waals surface area (Å²) in [5, 5.41) is 3.50. The molecule has 0 amide bonds. The highest BCUT2D eigenvalue weighted by Crippen LogP contribution is 2.21. The zero-order chi connectivity index (χ0) is 12.7. The van der Waals surface area contributed by atoms with Crippen LogP contribution >= 0.6 is 0 Å². The SMILES string of the molecule is O=S(=O)([O-])[O-].c1cncc(C2CCCCN2)c1. The van der Waals surface area contributed by atoms with E-state index in [2.05, 4.69) is 16.4 Å². The highest BCUT2D eigenvalue weighted by molar-refractivity contribution is 7.79. The minimum atomic E-state index is -5.17. The van der Waals surface area contributed by atoms with Crippen molar-refractivity contribution >= 4 is 10.4 Å². The summed E-state index contributed by atoms with van der Waals surface area (Å²) >= 11 is 0. The summed E-state index contributed by atoms with van der Waals surface area (Å²) in [7, 11) is -5.17. The molecule has 7 heteroatoms. The molecule has 0 aromatic carbocycles. The van der Waals surface area contributed by atoms with E-state index in [0.717, 1.165) is 6.54 Å². The number of rotatable bonds is 1. The van der Waals surface area contributed by atoms with Gasteiger partial charge in [-0.05, 0) is 31.0 Å². The molecule has 0 bridgehead atoms. The Labute approximate surface area is 101 Å². The van der Waals surface area contributed by atoms with Gasteiger partial charge in [-0.2, -0.15) is 0 Å². The predicted molar refractivity (Wildman–Crippen MR) is 59.3 cm³/mol. The van der Waals surface area contributed by atoms with Gasteiger partial charge in [0.25, 0.3) is 0 Å². The average Bonchev–Trinajstić information content (AvgIpc) is 2.29. The lowest BCUT2D eigenvalue weighted by atomic mass is 9.99. The lowest BCUT2D eigenvalue weighted by molar-refractivity contribution is 0.352. The van der Waals surface area contributed by atoms with Gasteiger partial charge in [-0.1, -0.05) is 12.5 Å². The quantitative estimate of drug-likeness (QED) is 0.582. The van der Waals surface area contributed by atoms with Gasteiger partial charge in [-0.15, -0.1) is 0 Å². The Morgan fingerprint density at radius 2 is 2.06 bits per heavy atom. The van der Waals surface area contributed by atoms with E-state index < -0.39 is 10.4 Å². The Hall–Kier alpha value is -1.02. The third kappa shape index (κ3) is 7.01. The molecule has 1 aromatic heterocycles. The lowest BCUT2D eigenvalue weighted by Gasteiger charge is -2.23. The minimum absolute atomic E-state index is 0.549. The molecule has 0 radical (unpaired) electrons. The smallest absolute Gasteiger partial charge is 0.0335 e. The van der Waals surface area contributed by atoms with E-state index >= 15 is 0 Å². The first-order chi connectivity index (χ1) is 7.97. The third-order valence-corrected chi connectivity index (χ3v) is 2.40. The van der Waals surface area contributed by atoms with E-state index in [1.54, 1.807) is 0 Å². The Morgan fingerprint density at radius 3 is 2.53 bits per heavy atom. The first-order valence-electron chi connectivity index (χ1n) is 5.27. The van der Waals surface area contributed by atoms with Crippen molar-refractivity contribution in [1.82, 2.24) is 10.3 Å². The van der Waals surface area contributed by atoms with Crippen molar-refractivity contribution < 1.29 is 17.5 Å². The lowest BCUT2D eigenvalue weighted by Crippen LogP contribution is -2.26. The van der Waals surface area contributed by atoms with E-state index in [-0.39, 0.29) is 0 Å². The Balaban J connectivity index is 0.000000249. The fourth-order valence-corrected chi connectivity index (χ4v) is 1.72. The molecule has 6 nitrogen and oxygen atoms in total. The standard InChI is InChI=1S/C10H14N2.H2O4S/c1-2-7-12-10(5-1)9-4-3-6-11-8-9;1-5(2,3)4/h3-4,6,8,10,12H,1-2,5,7H2;(H2,1,2,3,4)/p-2. The van der Waals surface area contributed by atoms with Crippen LogP contribution in [0.4, 0.5) is 0 Å². The molecule has 0 aliphatic carbocycles. The second-order valence-corrected chi connectivity index (χ2v) is 4.51. The summed E-state index contributed by atoms with van der Waals surface area (Å²) in [6, 6.07) is 4.70. The van der Waals surface area contributed by atoms with E-state index in [4.69, 9.17) is 17.5 Å². The monoisotopic (exact) mass is 258 g/mol. The second kappa shape index (κ2) is 6.65. The molecular formula is C10H14N2O4S-2. The molecular weight excluding hydrogens is 244 g/mol. The molecule has 1 aromatic rings. The first-order valence-corrected chi connectivity index (χ1v) is 6.60. The fourth-order valence-electron chi connectivity index (χ4n) is 1.72. The summed E-state index contributed by atoms with van der Waals surface area (Å²) in [6.45, 7) is 1.15. The van der Waals surface area contributed by atoms with Gasteiger partial charge in [0.05, 0.1) is 0 Å². The van der Waals surface area contributed by atoms with E-state index in [9.17, 15) is 0 Å². The van der Waals surface area contributed by atoms with Crippen LogP contribution in [-0.4, -0.2) is 29.1 Å². The number of aromatic nitrogens is 1. The maximum Gasteiger partial charge on any atom is 0.0335 e. The van der Waals surface area contributed by atoms with Crippen LogP contribution in [0.5, 0.6) is 0 Å². The number of pyridine rings is 1. The average molecular weight is 258 g/mol. The van der Waals surface area contributed by atoms with Gasteiger partial charge in [-0.25, -0.2) is 0 Å². The van der Waals surface area contributed by atoms with E-state index in [1.165, 1.54) is 24.8 Å². The molecule has 0 saturated carbocycles. The minimum Gasteiger partial charge on any atom is -0.759 e. The van der Waals surface area contributed by atoms with Crippen molar-refractivity contribution in [3.8, 4) is 0 Å². The molecule has 0 spiro atoms. The van der Waals surface area contributed by atoms with Gasteiger partial charge >= 0.3 is 0 Å². The van der Waals surface area contributed by atoms with Gasteiger partial charge in [-0.3, -0.25) is 13.4 Å². The van der Waals surface area contributed by atoms with Crippen molar-refractivity contribution in [2.45, 2.75) is 25.3 Å². The van der Waals surface area contributed by atoms with Crippen molar-refractivity contribution in [2.24, 2.45) is 0 Å². The molecule has 1 saturated heterocycles. The Kier molecular flexibility index (Phi) is 5.49. The first kappa shape index (κ1) is 14.0. The summed E-state index contributed by atoms with van der Waals surface area (Å²) < 4.78 is 34.1. The maximum absolute atomic E-state index is 8.52. The third-order valence-electron chi connectivity index (χ3n) is 2.40. The van der Waals surface area contributed by atoms with Crippen LogP contribution in [0.1, 0.15) is 30.9 Å². The molecule has 96 valence electrons. The van der Waals surface area contributed by atoms with Crippen molar-refractivity contribution in [1.29, 1.82) is 0 Å². The van der Waals surface area contributed by atoms with Crippen molar-refractivity contribution in [2.75, 3.05) is 6.54 Å². The Bertz CT molecular complexity index is 407. The maximum atomic E-state index is 8.52. The van der Waals surface area contributed by atoms with Gasteiger partial charge in [0.1, 0.15) is 0 Å². The van der Waals surface area contributed by atoms with Crippen LogP contribution in [0.3, 0.4) is 0 Å². The zero-order valence-electron chi connectivity index (χ0n) is 9.20. The van der Waals surface area contributed by atoms with E-state index in [0.29, 0.717) is 6.04 Å². The van der Waals surface area contributed by atoms with Crippen LogP contribution in [0, 0.1) is 0 Å². The molecule has 17 heavy (non-hydrogen) atoms. The van der Waals surface area contributed by atoms with Crippen LogP contribution < -0.4 is 5.32 Å². The number of nitrogens with one attached hydrogen (secondary N) is 1. The van der Waals surface area contributed by atoms with Crippen LogP contribution in [0.15, 0.2) is 24.5 Å². The van der Waals surface area contributed by atoms with Crippen LogP contribution in [-0.2, 0) is 10.4 Å². The van der Waals surface area contributed by atoms with Gasteiger partial charge in [0, 0.05) is 28.8 Å². The van der Waals surface area contributed by atoms with Crippen LogP contribution in [0.25, 0.3) is 0 Å².